The van der Waals surface area contributed by atoms with E-state index in [0.717, 1.165) is 43.9 Å². The van der Waals surface area contributed by atoms with E-state index in [1.165, 1.54) is 6.42 Å². The van der Waals surface area contributed by atoms with Crippen LogP contribution in [0, 0.1) is 5.92 Å². The van der Waals surface area contributed by atoms with Gasteiger partial charge in [0.25, 0.3) is 0 Å². The van der Waals surface area contributed by atoms with E-state index < -0.39 is 0 Å². The molecule has 114 valence electrons. The van der Waals surface area contributed by atoms with Crippen molar-refractivity contribution in [3.05, 3.63) is 35.9 Å². The third kappa shape index (κ3) is 4.92. The Balaban J connectivity index is 1.89. The van der Waals surface area contributed by atoms with Crippen LogP contribution in [0.5, 0.6) is 5.75 Å². The molecule has 1 aromatic rings. The van der Waals surface area contributed by atoms with E-state index in [2.05, 4.69) is 13.8 Å². The Labute approximate surface area is 127 Å². The molecule has 1 unspecified atom stereocenters. The number of carbonyl (C=O) groups excluding carboxylic acids is 1. The zero-order valence-corrected chi connectivity index (χ0v) is 13.0. The van der Waals surface area contributed by atoms with Gasteiger partial charge in [-0.25, -0.2) is 0 Å². The molecular weight excluding hydrogens is 262 g/mol. The van der Waals surface area contributed by atoms with Crippen molar-refractivity contribution in [2.24, 2.45) is 5.92 Å². The maximum Gasteiger partial charge on any atom is 0.246 e. The number of amides is 1. The summed E-state index contributed by atoms with van der Waals surface area (Å²) in [6, 6.07) is 7.85. The monoisotopic (exact) mass is 287 g/mol. The molecular formula is C18H25NO2. The van der Waals surface area contributed by atoms with Crippen LogP contribution in [0.4, 0.5) is 0 Å². The molecule has 0 radical (unpaired) electrons. The molecule has 1 atom stereocenters. The average molecular weight is 287 g/mol. The van der Waals surface area contributed by atoms with Gasteiger partial charge in [0.1, 0.15) is 5.75 Å². The second-order valence-corrected chi connectivity index (χ2v) is 5.78. The van der Waals surface area contributed by atoms with E-state index in [-0.39, 0.29) is 5.91 Å². The third-order valence-corrected chi connectivity index (χ3v) is 3.74. The van der Waals surface area contributed by atoms with Crippen LogP contribution >= 0.6 is 0 Å². The van der Waals surface area contributed by atoms with Gasteiger partial charge in [-0.05, 0) is 49.0 Å². The summed E-state index contributed by atoms with van der Waals surface area (Å²) < 4.78 is 5.54. The van der Waals surface area contributed by atoms with E-state index in [0.29, 0.717) is 5.92 Å². The number of rotatable bonds is 5. The van der Waals surface area contributed by atoms with Crippen molar-refractivity contribution in [3.8, 4) is 5.75 Å². The molecule has 3 nitrogen and oxygen atoms in total. The van der Waals surface area contributed by atoms with Crippen LogP contribution in [0.15, 0.2) is 30.3 Å². The minimum Gasteiger partial charge on any atom is -0.494 e. The van der Waals surface area contributed by atoms with Gasteiger partial charge in [-0.15, -0.1) is 0 Å². The number of hydrogen-bond donors (Lipinski definition) is 0. The molecule has 1 fully saturated rings. The highest BCUT2D eigenvalue weighted by Crippen LogP contribution is 2.17. The molecule has 1 aliphatic heterocycles. The molecule has 3 heteroatoms. The number of carbonyl (C=O) groups is 1. The van der Waals surface area contributed by atoms with Gasteiger partial charge in [0.05, 0.1) is 6.61 Å². The molecule has 0 aromatic heterocycles. The topological polar surface area (TPSA) is 29.5 Å². The van der Waals surface area contributed by atoms with Crippen LogP contribution in [-0.2, 0) is 4.79 Å². The lowest BCUT2D eigenvalue weighted by Crippen LogP contribution is -2.38. The summed E-state index contributed by atoms with van der Waals surface area (Å²) >= 11 is 0. The summed E-state index contributed by atoms with van der Waals surface area (Å²) in [4.78, 5) is 14.1. The van der Waals surface area contributed by atoms with Gasteiger partial charge in [0.15, 0.2) is 0 Å². The number of likely N-dealkylation sites (tertiary alicyclic amines) is 1. The highest BCUT2D eigenvalue weighted by molar-refractivity contribution is 5.91. The Morgan fingerprint density at radius 3 is 2.81 bits per heavy atom. The first-order valence-electron chi connectivity index (χ1n) is 7.89. The van der Waals surface area contributed by atoms with Crippen LogP contribution < -0.4 is 4.74 Å². The Morgan fingerprint density at radius 2 is 2.14 bits per heavy atom. The summed E-state index contributed by atoms with van der Waals surface area (Å²) in [5.74, 6) is 1.61. The summed E-state index contributed by atoms with van der Waals surface area (Å²) in [6.45, 7) is 6.80. The first-order chi connectivity index (χ1) is 10.2. The van der Waals surface area contributed by atoms with E-state index in [1.54, 1.807) is 6.08 Å². The summed E-state index contributed by atoms with van der Waals surface area (Å²) in [5.41, 5.74) is 1.03. The molecule has 1 heterocycles. The van der Waals surface area contributed by atoms with Crippen molar-refractivity contribution in [1.82, 2.24) is 4.90 Å². The number of piperidine rings is 1. The molecule has 1 aliphatic rings. The number of benzene rings is 1. The fourth-order valence-corrected chi connectivity index (χ4v) is 2.56. The van der Waals surface area contributed by atoms with Gasteiger partial charge < -0.3 is 9.64 Å². The SMILES string of the molecule is CCCOc1ccc(/C=C/C(=O)N2CCCC(C)C2)cc1. The largest absolute Gasteiger partial charge is 0.494 e. The molecule has 0 spiro atoms. The lowest BCUT2D eigenvalue weighted by atomic mass is 10.0. The maximum absolute atomic E-state index is 12.1. The van der Waals surface area contributed by atoms with Crippen LogP contribution in [-0.4, -0.2) is 30.5 Å². The minimum absolute atomic E-state index is 0.118. The smallest absolute Gasteiger partial charge is 0.246 e. The molecule has 1 aromatic carbocycles. The van der Waals surface area contributed by atoms with Gasteiger partial charge in [-0.1, -0.05) is 26.0 Å². The Morgan fingerprint density at radius 1 is 1.38 bits per heavy atom. The highest BCUT2D eigenvalue weighted by atomic mass is 16.5. The second-order valence-electron chi connectivity index (χ2n) is 5.78. The highest BCUT2D eigenvalue weighted by Gasteiger charge is 2.18. The van der Waals surface area contributed by atoms with Gasteiger partial charge in [-0.2, -0.15) is 0 Å². The van der Waals surface area contributed by atoms with E-state index >= 15 is 0 Å². The Kier molecular flexibility index (Phi) is 5.85. The summed E-state index contributed by atoms with van der Waals surface area (Å²) in [7, 11) is 0. The molecule has 0 bridgehead atoms. The van der Waals surface area contributed by atoms with Crippen LogP contribution in [0.1, 0.15) is 38.7 Å². The van der Waals surface area contributed by atoms with E-state index in [4.69, 9.17) is 4.74 Å². The summed E-state index contributed by atoms with van der Waals surface area (Å²) in [5, 5.41) is 0. The first kappa shape index (κ1) is 15.6. The van der Waals surface area contributed by atoms with E-state index in [1.807, 2.05) is 35.2 Å². The average Bonchev–Trinajstić information content (AvgIpc) is 2.51. The second kappa shape index (κ2) is 7.87. The number of nitrogens with zero attached hydrogens (tertiary/aromatic N) is 1. The zero-order valence-electron chi connectivity index (χ0n) is 13.0. The van der Waals surface area contributed by atoms with E-state index in [9.17, 15) is 4.79 Å². The van der Waals surface area contributed by atoms with Crippen molar-refractivity contribution < 1.29 is 9.53 Å². The molecule has 0 saturated carbocycles. The van der Waals surface area contributed by atoms with Crippen molar-refractivity contribution >= 4 is 12.0 Å². The molecule has 1 amide bonds. The van der Waals surface area contributed by atoms with Crippen LogP contribution in [0.25, 0.3) is 6.08 Å². The molecule has 0 aliphatic carbocycles. The lowest BCUT2D eigenvalue weighted by Gasteiger charge is -2.30. The van der Waals surface area contributed by atoms with Crippen LogP contribution in [0.3, 0.4) is 0 Å². The van der Waals surface area contributed by atoms with Gasteiger partial charge in [0, 0.05) is 19.2 Å². The lowest BCUT2D eigenvalue weighted by molar-refractivity contribution is -0.127. The minimum atomic E-state index is 0.118. The third-order valence-electron chi connectivity index (χ3n) is 3.74. The van der Waals surface area contributed by atoms with Crippen molar-refractivity contribution in [2.45, 2.75) is 33.1 Å². The first-order valence-corrected chi connectivity index (χ1v) is 7.89. The Bertz CT molecular complexity index is 478. The van der Waals surface area contributed by atoms with Crippen LogP contribution in [0.2, 0.25) is 0 Å². The van der Waals surface area contributed by atoms with Crippen molar-refractivity contribution in [1.29, 1.82) is 0 Å². The predicted molar refractivity (Wildman–Crippen MR) is 86.2 cm³/mol. The zero-order chi connectivity index (χ0) is 15.1. The normalized spacial score (nSPS) is 19.0. The van der Waals surface area contributed by atoms with Gasteiger partial charge in [0.2, 0.25) is 5.91 Å². The molecule has 0 N–H and O–H groups in total. The quantitative estimate of drug-likeness (QED) is 0.772. The summed E-state index contributed by atoms with van der Waals surface area (Å²) in [6.07, 6.45) is 6.91. The standard InChI is InChI=1S/C18H25NO2/c1-3-13-21-17-9-6-16(7-10-17)8-11-18(20)19-12-4-5-15(2)14-19/h6-11,15H,3-5,12-14H2,1-2H3/b11-8+. The molecule has 2 rings (SSSR count). The van der Waals surface area contributed by atoms with Crippen molar-refractivity contribution in [3.63, 3.8) is 0 Å². The number of hydrogen-bond acceptors (Lipinski definition) is 2. The van der Waals surface area contributed by atoms with Crippen molar-refractivity contribution in [2.75, 3.05) is 19.7 Å². The maximum atomic E-state index is 12.1. The molecule has 1 saturated heterocycles. The molecule has 21 heavy (non-hydrogen) atoms. The van der Waals surface area contributed by atoms with Gasteiger partial charge in [-0.3, -0.25) is 4.79 Å². The fraction of sp³-hybridized carbons (Fsp3) is 0.500. The number of ether oxygens (including phenoxy) is 1. The predicted octanol–water partition coefficient (Wildman–Crippen LogP) is 3.75. The Hall–Kier alpha value is -1.77. The fourth-order valence-electron chi connectivity index (χ4n) is 2.56. The van der Waals surface area contributed by atoms with Gasteiger partial charge >= 0.3 is 0 Å².